The van der Waals surface area contributed by atoms with Crippen LogP contribution in [0.3, 0.4) is 0 Å². The molecule has 1 saturated heterocycles. The van der Waals surface area contributed by atoms with Gasteiger partial charge in [-0.15, -0.1) is 0 Å². The van der Waals surface area contributed by atoms with Crippen molar-refractivity contribution in [1.29, 1.82) is 0 Å². The standard InChI is InChI=1S/C34H39ClO7/c1-17-14-27(40-32(39)23(17)16-36)18(2)24-8-9-25-22-15-29-34(42-29)28(41-31(38)19-4-6-20(35)7-5-19)11-10-26(37)30(34)21(22)12-13-33(24,25)3/h4-7,10-11,18,21-22,24-25,27-30,36H,8-9,12-16H2,1-3H3/t18-,21-,22+,24+,25-,27+,28-,29+,30?,33+,34+/m0/s1. The molecule has 7 rings (SSSR count). The number of benzene rings is 1. The van der Waals surface area contributed by atoms with Crippen molar-refractivity contribution < 1.29 is 33.7 Å². The lowest BCUT2D eigenvalue weighted by atomic mass is 9.49. The number of carbonyl (C=O) groups excluding carboxylic acids is 3. The van der Waals surface area contributed by atoms with E-state index in [0.29, 0.717) is 40.3 Å². The average Bonchev–Trinajstić information content (AvgIpc) is 3.57. The van der Waals surface area contributed by atoms with Crippen molar-refractivity contribution in [3.63, 3.8) is 0 Å². The highest BCUT2D eigenvalue weighted by Gasteiger charge is 2.76. The molecule has 3 saturated carbocycles. The van der Waals surface area contributed by atoms with Crippen molar-refractivity contribution in [2.24, 2.45) is 40.9 Å². The molecule has 0 radical (unpaired) electrons. The molecule has 7 nitrogen and oxygen atoms in total. The maximum absolute atomic E-state index is 13.5. The lowest BCUT2D eigenvalue weighted by molar-refractivity contribution is -0.152. The summed E-state index contributed by atoms with van der Waals surface area (Å²) in [6.45, 7) is 6.29. The van der Waals surface area contributed by atoms with Crippen molar-refractivity contribution in [2.45, 2.75) is 83.2 Å². The lowest BCUT2D eigenvalue weighted by Crippen LogP contribution is -2.58. The summed E-state index contributed by atoms with van der Waals surface area (Å²) in [5.41, 5.74) is 1.07. The fourth-order valence-corrected chi connectivity index (χ4v) is 10.2. The Bertz CT molecular complexity index is 1380. The highest BCUT2D eigenvalue weighted by atomic mass is 35.5. The minimum Gasteiger partial charge on any atom is -0.458 e. The summed E-state index contributed by atoms with van der Waals surface area (Å²) < 4.78 is 18.3. The number of ketones is 1. The molecule has 1 aromatic rings. The van der Waals surface area contributed by atoms with Crippen molar-refractivity contribution in [3.05, 3.63) is 58.1 Å². The summed E-state index contributed by atoms with van der Waals surface area (Å²) >= 11 is 5.99. The molecule has 4 fully saturated rings. The van der Waals surface area contributed by atoms with Gasteiger partial charge < -0.3 is 19.3 Å². The maximum atomic E-state index is 13.5. The summed E-state index contributed by atoms with van der Waals surface area (Å²) in [6.07, 6.45) is 8.09. The minimum atomic E-state index is -0.765. The molecule has 4 aliphatic carbocycles. The molecule has 0 aromatic heterocycles. The highest BCUT2D eigenvalue weighted by Crippen LogP contribution is 2.69. The minimum absolute atomic E-state index is 0.0881. The number of halogens is 1. The van der Waals surface area contributed by atoms with Gasteiger partial charge in [-0.1, -0.05) is 31.0 Å². The fourth-order valence-electron chi connectivity index (χ4n) is 10.1. The van der Waals surface area contributed by atoms with Crippen molar-refractivity contribution >= 4 is 29.3 Å². The van der Waals surface area contributed by atoms with Gasteiger partial charge >= 0.3 is 11.9 Å². The second-order valence-electron chi connectivity index (χ2n) is 13.9. The van der Waals surface area contributed by atoms with E-state index < -0.39 is 17.7 Å². The Labute approximate surface area is 251 Å². The molecular formula is C34H39ClO7. The van der Waals surface area contributed by atoms with Gasteiger partial charge in [0.2, 0.25) is 0 Å². The molecule has 0 amide bonds. The summed E-state index contributed by atoms with van der Waals surface area (Å²) in [4.78, 5) is 39.1. The third-order valence-electron chi connectivity index (χ3n) is 12.2. The Kier molecular flexibility index (Phi) is 6.76. The predicted octanol–water partition coefficient (Wildman–Crippen LogP) is 5.48. The number of carbonyl (C=O) groups is 3. The first-order chi connectivity index (χ1) is 20.1. The summed E-state index contributed by atoms with van der Waals surface area (Å²) in [5, 5.41) is 10.1. The van der Waals surface area contributed by atoms with Crippen LogP contribution < -0.4 is 0 Å². The number of allylic oxidation sites excluding steroid dienone is 1. The summed E-state index contributed by atoms with van der Waals surface area (Å²) in [5.74, 6) is 0.588. The number of ether oxygens (including phenoxy) is 3. The van der Waals surface area contributed by atoms with Crippen molar-refractivity contribution in [2.75, 3.05) is 6.61 Å². The Balaban J connectivity index is 1.10. The zero-order valence-electron chi connectivity index (χ0n) is 24.4. The molecule has 224 valence electrons. The van der Waals surface area contributed by atoms with Crippen molar-refractivity contribution in [3.8, 4) is 0 Å². The van der Waals surface area contributed by atoms with Crippen molar-refractivity contribution in [1.82, 2.24) is 0 Å². The molecule has 42 heavy (non-hydrogen) atoms. The van der Waals surface area contributed by atoms with Gasteiger partial charge in [0.25, 0.3) is 0 Å². The quantitative estimate of drug-likeness (QED) is 0.356. The predicted molar refractivity (Wildman–Crippen MR) is 154 cm³/mol. The van der Waals surface area contributed by atoms with Crippen LogP contribution in [0.4, 0.5) is 0 Å². The van der Waals surface area contributed by atoms with E-state index in [-0.39, 0.29) is 53.7 Å². The van der Waals surface area contributed by atoms with Gasteiger partial charge in [-0.2, -0.15) is 0 Å². The molecule has 1 spiro atoms. The van der Waals surface area contributed by atoms with Crippen LogP contribution in [0.2, 0.25) is 5.02 Å². The molecule has 0 bridgehead atoms. The van der Waals surface area contributed by atoms with E-state index in [1.807, 2.05) is 6.92 Å². The number of hydrogen-bond acceptors (Lipinski definition) is 7. The van der Waals surface area contributed by atoms with Crippen LogP contribution in [0.1, 0.15) is 69.7 Å². The number of epoxide rings is 1. The van der Waals surface area contributed by atoms with Gasteiger partial charge in [-0.05, 0) is 110 Å². The first-order valence-corrected chi connectivity index (χ1v) is 15.8. The molecule has 6 aliphatic rings. The number of cyclic esters (lactones) is 1. The van der Waals surface area contributed by atoms with E-state index in [2.05, 4.69) is 13.8 Å². The number of hydrogen-bond donors (Lipinski definition) is 1. The number of rotatable bonds is 5. The van der Waals surface area contributed by atoms with Crippen LogP contribution in [0.25, 0.3) is 0 Å². The van der Waals surface area contributed by atoms with E-state index in [9.17, 15) is 19.5 Å². The van der Waals surface area contributed by atoms with E-state index in [1.54, 1.807) is 36.4 Å². The number of esters is 2. The molecule has 8 heteroatoms. The molecule has 2 heterocycles. The number of aliphatic hydroxyl groups excluding tert-OH is 1. The van der Waals surface area contributed by atoms with Gasteiger partial charge in [0.1, 0.15) is 11.7 Å². The second-order valence-corrected chi connectivity index (χ2v) is 14.3. The van der Waals surface area contributed by atoms with Gasteiger partial charge in [0.05, 0.1) is 29.8 Å². The third-order valence-corrected chi connectivity index (χ3v) is 12.4. The molecular weight excluding hydrogens is 556 g/mol. The van der Waals surface area contributed by atoms with Gasteiger partial charge in [-0.25, -0.2) is 9.59 Å². The molecule has 1 N–H and O–H groups in total. The Morgan fingerprint density at radius 1 is 1.17 bits per heavy atom. The van der Waals surface area contributed by atoms with Crippen LogP contribution in [0, 0.1) is 40.9 Å². The maximum Gasteiger partial charge on any atom is 0.338 e. The first kappa shape index (κ1) is 28.3. The molecule has 2 aliphatic heterocycles. The second kappa shape index (κ2) is 10.0. The number of aliphatic hydroxyl groups is 1. The Morgan fingerprint density at radius 2 is 1.93 bits per heavy atom. The average molecular weight is 595 g/mol. The molecule has 1 aromatic carbocycles. The van der Waals surface area contributed by atoms with Gasteiger partial charge in [0.15, 0.2) is 11.9 Å². The van der Waals surface area contributed by atoms with Crippen LogP contribution in [-0.2, 0) is 23.8 Å². The fraction of sp³-hybridized carbons (Fsp3) is 0.618. The monoisotopic (exact) mass is 594 g/mol. The zero-order valence-corrected chi connectivity index (χ0v) is 25.1. The summed E-state index contributed by atoms with van der Waals surface area (Å²) in [6, 6.07) is 6.63. The molecule has 11 atom stereocenters. The van der Waals surface area contributed by atoms with E-state index in [1.165, 1.54) is 0 Å². The Hall–Kier alpha value is -2.48. The van der Waals surface area contributed by atoms with Crippen LogP contribution in [0.5, 0.6) is 0 Å². The lowest BCUT2D eigenvalue weighted by Gasteiger charge is -2.54. The smallest absolute Gasteiger partial charge is 0.338 e. The number of fused-ring (bicyclic) bond motifs is 4. The van der Waals surface area contributed by atoms with Crippen LogP contribution in [-0.4, -0.2) is 53.3 Å². The summed E-state index contributed by atoms with van der Waals surface area (Å²) in [7, 11) is 0. The van der Waals surface area contributed by atoms with Crippen LogP contribution in [0.15, 0.2) is 47.6 Å². The Morgan fingerprint density at radius 3 is 2.64 bits per heavy atom. The normalized spacial score (nSPS) is 42.6. The van der Waals surface area contributed by atoms with Gasteiger partial charge in [0, 0.05) is 11.4 Å². The zero-order chi connectivity index (χ0) is 29.6. The van der Waals surface area contributed by atoms with Gasteiger partial charge in [-0.3, -0.25) is 4.79 Å². The molecule has 1 unspecified atom stereocenters. The van der Waals surface area contributed by atoms with E-state index in [0.717, 1.165) is 37.7 Å². The first-order valence-electron chi connectivity index (χ1n) is 15.4. The topological polar surface area (TPSA) is 102 Å². The van der Waals surface area contributed by atoms with E-state index >= 15 is 0 Å². The third kappa shape index (κ3) is 4.10. The highest BCUT2D eigenvalue weighted by molar-refractivity contribution is 6.30. The van der Waals surface area contributed by atoms with Crippen LogP contribution >= 0.6 is 11.6 Å². The van der Waals surface area contributed by atoms with E-state index in [4.69, 9.17) is 25.8 Å². The SMILES string of the molecule is CC1=C(CO)C(=O)O[C@@H]([C@@H](C)[C@H]2CC[C@H]3[C@@H]4C[C@H]5O[C@@]56C(C(=O)C=C[C@@H]6OC(=O)c5ccc(Cl)cc5)[C@H]4CC[C@]23C)C1. The largest absolute Gasteiger partial charge is 0.458 e.